The van der Waals surface area contributed by atoms with Gasteiger partial charge in [0.15, 0.2) is 0 Å². The van der Waals surface area contributed by atoms with Crippen LogP contribution in [-0.4, -0.2) is 9.97 Å². The number of aromatic nitrogens is 2. The molecule has 2 aliphatic rings. The van der Waals surface area contributed by atoms with Gasteiger partial charge in [-0.1, -0.05) is 105 Å². The molecule has 1 aliphatic carbocycles. The number of hydrogen-bond acceptors (Lipinski definition) is 3. The lowest BCUT2D eigenvalue weighted by atomic mass is 9.53. The average molecular weight is 553 g/mol. The Labute approximate surface area is 250 Å². The Bertz CT molecular complexity index is 2220. The van der Waals surface area contributed by atoms with E-state index in [0.717, 1.165) is 44.4 Å². The van der Waals surface area contributed by atoms with E-state index >= 15 is 0 Å². The molecule has 0 fully saturated rings. The molecular formula is C40H28N2O. The van der Waals surface area contributed by atoms with Crippen LogP contribution < -0.4 is 4.74 Å². The molecule has 3 nitrogen and oxygen atoms in total. The van der Waals surface area contributed by atoms with Gasteiger partial charge in [0.25, 0.3) is 0 Å². The van der Waals surface area contributed by atoms with Gasteiger partial charge < -0.3 is 4.74 Å². The lowest BCUT2D eigenvalue weighted by Gasteiger charge is -2.50. The fraction of sp³-hybridized carbons (Fsp3) is 0.100. The molecule has 0 saturated heterocycles. The molecule has 0 unspecified atom stereocenters. The summed E-state index contributed by atoms with van der Waals surface area (Å²) in [5.41, 5.74) is 11.0. The highest BCUT2D eigenvalue weighted by Crippen LogP contribution is 2.61. The highest BCUT2D eigenvalue weighted by Gasteiger charge is 2.52. The number of para-hydroxylation sites is 2. The van der Waals surface area contributed by atoms with Crippen molar-refractivity contribution in [2.45, 2.75) is 24.7 Å². The summed E-state index contributed by atoms with van der Waals surface area (Å²) in [4.78, 5) is 9.59. The van der Waals surface area contributed by atoms with Crippen LogP contribution >= 0.6 is 0 Å². The van der Waals surface area contributed by atoms with Crippen LogP contribution in [0.15, 0.2) is 134 Å². The molecule has 204 valence electrons. The second-order valence-electron chi connectivity index (χ2n) is 12.2. The quantitative estimate of drug-likeness (QED) is 0.190. The third-order valence-electron chi connectivity index (χ3n) is 9.66. The Balaban J connectivity index is 1.37. The van der Waals surface area contributed by atoms with Crippen molar-refractivity contribution in [2.75, 3.05) is 0 Å². The van der Waals surface area contributed by atoms with Crippen molar-refractivity contribution in [3.8, 4) is 22.6 Å². The van der Waals surface area contributed by atoms with Gasteiger partial charge in [0.1, 0.15) is 11.5 Å². The highest BCUT2D eigenvalue weighted by molar-refractivity contribution is 6.03. The molecule has 7 aromatic rings. The number of nitrogens with zero attached hydrogens (tertiary/aromatic N) is 2. The van der Waals surface area contributed by atoms with E-state index in [1.54, 1.807) is 0 Å². The van der Waals surface area contributed by atoms with Crippen LogP contribution in [0.3, 0.4) is 0 Å². The minimum atomic E-state index is -0.534. The maximum Gasteiger partial charge on any atom is 0.132 e. The lowest BCUT2D eigenvalue weighted by molar-refractivity contribution is 0.425. The molecule has 0 atom stereocenters. The van der Waals surface area contributed by atoms with Gasteiger partial charge in [-0.2, -0.15) is 0 Å². The average Bonchev–Trinajstić information content (AvgIpc) is 3.06. The fourth-order valence-corrected chi connectivity index (χ4v) is 7.69. The predicted octanol–water partition coefficient (Wildman–Crippen LogP) is 9.58. The molecule has 3 heteroatoms. The van der Waals surface area contributed by atoms with Crippen LogP contribution in [0.4, 0.5) is 0 Å². The molecule has 0 N–H and O–H groups in total. The van der Waals surface area contributed by atoms with Crippen LogP contribution in [0.5, 0.6) is 11.5 Å². The second kappa shape index (κ2) is 8.62. The Hall–Kier alpha value is -5.28. The third-order valence-corrected chi connectivity index (χ3v) is 9.66. The van der Waals surface area contributed by atoms with E-state index in [9.17, 15) is 0 Å². The van der Waals surface area contributed by atoms with Gasteiger partial charge in [0.05, 0.1) is 16.4 Å². The number of benzene rings is 5. The van der Waals surface area contributed by atoms with Gasteiger partial charge in [0.2, 0.25) is 0 Å². The largest absolute Gasteiger partial charge is 0.457 e. The fourth-order valence-electron chi connectivity index (χ4n) is 7.69. The first-order chi connectivity index (χ1) is 21.1. The zero-order valence-electron chi connectivity index (χ0n) is 24.0. The summed E-state index contributed by atoms with van der Waals surface area (Å²) in [6.45, 7) is 4.70. The van der Waals surface area contributed by atoms with E-state index in [1.807, 2.05) is 18.5 Å². The molecule has 9 rings (SSSR count). The van der Waals surface area contributed by atoms with Crippen molar-refractivity contribution in [3.05, 3.63) is 167 Å². The van der Waals surface area contributed by atoms with Gasteiger partial charge in [-0.3, -0.25) is 9.97 Å². The van der Waals surface area contributed by atoms with E-state index in [0.29, 0.717) is 0 Å². The first kappa shape index (κ1) is 24.3. The van der Waals surface area contributed by atoms with Crippen molar-refractivity contribution >= 4 is 21.8 Å². The predicted molar refractivity (Wildman–Crippen MR) is 173 cm³/mol. The molecule has 43 heavy (non-hydrogen) atoms. The van der Waals surface area contributed by atoms with Gasteiger partial charge in [-0.25, -0.2) is 0 Å². The Morgan fingerprint density at radius 2 is 1.12 bits per heavy atom. The summed E-state index contributed by atoms with van der Waals surface area (Å²) >= 11 is 0. The first-order valence-corrected chi connectivity index (χ1v) is 14.8. The molecule has 3 heterocycles. The van der Waals surface area contributed by atoms with Gasteiger partial charge in [-0.05, 0) is 58.1 Å². The highest BCUT2D eigenvalue weighted by atomic mass is 16.5. The molecule has 5 aromatic carbocycles. The smallest absolute Gasteiger partial charge is 0.132 e. The van der Waals surface area contributed by atoms with E-state index in [4.69, 9.17) is 9.72 Å². The summed E-state index contributed by atoms with van der Waals surface area (Å²) in [5.74, 6) is 1.80. The molecule has 2 aromatic heterocycles. The number of rotatable bonds is 1. The molecule has 0 saturated carbocycles. The van der Waals surface area contributed by atoms with Crippen molar-refractivity contribution in [1.29, 1.82) is 0 Å². The van der Waals surface area contributed by atoms with Gasteiger partial charge in [0, 0.05) is 45.3 Å². The third kappa shape index (κ3) is 3.19. The minimum Gasteiger partial charge on any atom is -0.457 e. The number of pyridine rings is 2. The van der Waals surface area contributed by atoms with Gasteiger partial charge >= 0.3 is 0 Å². The number of ether oxygens (including phenoxy) is 1. The lowest BCUT2D eigenvalue weighted by Crippen LogP contribution is -2.43. The zero-order valence-corrected chi connectivity index (χ0v) is 24.0. The topological polar surface area (TPSA) is 35.0 Å². The number of fused-ring (bicyclic) bond motifs is 11. The normalized spacial score (nSPS) is 15.3. The van der Waals surface area contributed by atoms with Crippen molar-refractivity contribution in [3.63, 3.8) is 0 Å². The summed E-state index contributed by atoms with van der Waals surface area (Å²) in [5, 5.41) is 2.19. The van der Waals surface area contributed by atoms with E-state index in [-0.39, 0.29) is 5.41 Å². The van der Waals surface area contributed by atoms with Crippen LogP contribution in [0.1, 0.15) is 47.2 Å². The Morgan fingerprint density at radius 1 is 0.488 bits per heavy atom. The van der Waals surface area contributed by atoms with Crippen LogP contribution in [0.25, 0.3) is 32.9 Å². The van der Waals surface area contributed by atoms with E-state index in [2.05, 4.69) is 134 Å². The van der Waals surface area contributed by atoms with Crippen molar-refractivity contribution in [2.24, 2.45) is 0 Å². The van der Waals surface area contributed by atoms with Crippen LogP contribution in [0, 0.1) is 0 Å². The van der Waals surface area contributed by atoms with Crippen molar-refractivity contribution in [1.82, 2.24) is 9.97 Å². The monoisotopic (exact) mass is 552 g/mol. The standard InChI is InChI=1S/C40H28N2O/c1-39(2)29-11-3-4-12-31(29)40(32-13-5-7-15-35(32)43-36-16-8-6-14-33(36)40)34-23-26(19-20-30(34)39)28-22-27-18-17-25-10-9-21-41-37(25)38(27)42-24-28/h3-24H,1-2H3. The van der Waals surface area contributed by atoms with Crippen molar-refractivity contribution < 1.29 is 4.74 Å². The summed E-state index contributed by atoms with van der Waals surface area (Å²) in [6.07, 6.45) is 3.84. The molecule has 1 aliphatic heterocycles. The maximum absolute atomic E-state index is 6.57. The molecular weight excluding hydrogens is 524 g/mol. The van der Waals surface area contributed by atoms with E-state index in [1.165, 1.54) is 33.4 Å². The molecule has 0 radical (unpaired) electrons. The van der Waals surface area contributed by atoms with Crippen LogP contribution in [-0.2, 0) is 10.8 Å². The molecule has 1 spiro atoms. The summed E-state index contributed by atoms with van der Waals surface area (Å²) in [7, 11) is 0. The zero-order chi connectivity index (χ0) is 28.8. The first-order valence-electron chi connectivity index (χ1n) is 14.8. The summed E-state index contributed by atoms with van der Waals surface area (Å²) in [6, 6.07) is 43.7. The van der Waals surface area contributed by atoms with Crippen LogP contribution in [0.2, 0.25) is 0 Å². The maximum atomic E-state index is 6.57. The number of hydrogen-bond donors (Lipinski definition) is 0. The van der Waals surface area contributed by atoms with E-state index < -0.39 is 5.41 Å². The Kier molecular flexibility index (Phi) is 4.88. The SMILES string of the molecule is CC1(C)c2ccccc2C2(c3ccccc3Oc3ccccc32)c2cc(-c3cnc4c(ccc5cccnc54)c3)ccc21. The summed E-state index contributed by atoms with van der Waals surface area (Å²) < 4.78 is 6.57. The molecule has 0 amide bonds. The molecule has 0 bridgehead atoms. The Morgan fingerprint density at radius 3 is 1.88 bits per heavy atom. The minimum absolute atomic E-state index is 0.190. The van der Waals surface area contributed by atoms with Gasteiger partial charge in [-0.15, -0.1) is 0 Å². The second-order valence-corrected chi connectivity index (χ2v) is 12.2.